The molecule has 1 heterocycles. The topological polar surface area (TPSA) is 82.1 Å². The fraction of sp³-hybridized carbons (Fsp3) is 0.830. The number of rotatable bonds is 36. The molecule has 0 aromatic rings. The molecule has 3 unspecified atom stereocenters. The molecule has 7 heteroatoms. The quantitative estimate of drug-likeness (QED) is 0.0272. The van der Waals surface area contributed by atoms with Gasteiger partial charge in [-0.05, 0) is 94.7 Å². The second-order valence-electron chi connectivity index (χ2n) is 15.9. The highest BCUT2D eigenvalue weighted by atomic mass is 16.5. The molecule has 0 amide bonds. The number of esters is 3. The van der Waals surface area contributed by atoms with Gasteiger partial charge in [0.15, 0.2) is 0 Å². The van der Waals surface area contributed by atoms with Crippen LogP contribution < -0.4 is 0 Å². The van der Waals surface area contributed by atoms with Crippen LogP contribution in [0.15, 0.2) is 29.8 Å². The summed E-state index contributed by atoms with van der Waals surface area (Å²) in [6.07, 6.45) is 30.0. The monoisotopic (exact) mass is 756 g/mol. The van der Waals surface area contributed by atoms with E-state index in [0.29, 0.717) is 38.6 Å². The molecule has 0 aromatic carbocycles. The minimum atomic E-state index is -0.137. The van der Waals surface area contributed by atoms with E-state index < -0.39 is 0 Å². The first kappa shape index (κ1) is 49.5. The van der Waals surface area contributed by atoms with Crippen molar-refractivity contribution < 1.29 is 28.6 Å². The fourth-order valence-electron chi connectivity index (χ4n) is 7.31. The van der Waals surface area contributed by atoms with Gasteiger partial charge in [0.2, 0.25) is 0 Å². The van der Waals surface area contributed by atoms with E-state index in [1.807, 2.05) is 6.08 Å². The first-order chi connectivity index (χ1) is 26.4. The number of carbonyl (C=O) groups excluding carboxylic acids is 3. The Balaban J connectivity index is 2.27. The fourth-order valence-corrected chi connectivity index (χ4v) is 7.31. The molecule has 1 aliphatic rings. The van der Waals surface area contributed by atoms with Gasteiger partial charge in [0.25, 0.3) is 0 Å². The van der Waals surface area contributed by atoms with Crippen LogP contribution in [0.5, 0.6) is 0 Å². The van der Waals surface area contributed by atoms with Crippen LogP contribution in [0.4, 0.5) is 0 Å². The van der Waals surface area contributed by atoms with Crippen molar-refractivity contribution in [3.05, 3.63) is 29.8 Å². The lowest BCUT2D eigenvalue weighted by atomic mass is 9.94. The van der Waals surface area contributed by atoms with Gasteiger partial charge in [-0.15, -0.1) is 0 Å². The minimum Gasteiger partial charge on any atom is -0.466 e. The molecule has 0 saturated carbocycles. The van der Waals surface area contributed by atoms with Gasteiger partial charge in [-0.2, -0.15) is 0 Å². The summed E-state index contributed by atoms with van der Waals surface area (Å²) in [5, 5.41) is 0. The standard InChI is InChI=1S/C47H81NO6/c1-5-8-19-29-42(4)40-45(49)52-37-26-17-13-11-15-22-32-44(47(51)54-39-28-36-48-34-24-25-35-48)33-23-16-12-14-18-27-38-53-46(50)41-43(30-20-9-6-2)31-21-10-7-3/h30,42-44H,2,5,7-8,10-19,21-29,31-41H2,1,3-4H3. The van der Waals surface area contributed by atoms with Gasteiger partial charge >= 0.3 is 17.9 Å². The first-order valence-electron chi connectivity index (χ1n) is 22.5. The second kappa shape index (κ2) is 36.1. The van der Waals surface area contributed by atoms with Crippen LogP contribution in [-0.2, 0) is 28.6 Å². The Labute approximate surface area is 331 Å². The summed E-state index contributed by atoms with van der Waals surface area (Å²) in [4.78, 5) is 40.1. The Morgan fingerprint density at radius 2 is 1.13 bits per heavy atom. The lowest BCUT2D eigenvalue weighted by Gasteiger charge is -2.18. The van der Waals surface area contributed by atoms with Crippen LogP contribution in [0.2, 0.25) is 0 Å². The Bertz CT molecular complexity index is 1060. The average molecular weight is 756 g/mol. The van der Waals surface area contributed by atoms with E-state index >= 15 is 0 Å². The maximum absolute atomic E-state index is 13.1. The van der Waals surface area contributed by atoms with Gasteiger partial charge in [0, 0.05) is 13.0 Å². The molecular weight excluding hydrogens is 675 g/mol. The molecule has 1 rings (SSSR count). The zero-order valence-corrected chi connectivity index (χ0v) is 35.2. The second-order valence-corrected chi connectivity index (χ2v) is 15.9. The molecule has 0 aliphatic carbocycles. The molecular formula is C47H81NO6. The number of nitrogens with zero attached hydrogens (tertiary/aromatic N) is 1. The van der Waals surface area contributed by atoms with Crippen LogP contribution >= 0.6 is 0 Å². The molecule has 1 saturated heterocycles. The van der Waals surface area contributed by atoms with Crippen molar-refractivity contribution in [3.63, 3.8) is 0 Å². The summed E-state index contributed by atoms with van der Waals surface area (Å²) < 4.78 is 16.8. The Morgan fingerprint density at radius 1 is 0.630 bits per heavy atom. The van der Waals surface area contributed by atoms with Crippen LogP contribution in [0.25, 0.3) is 0 Å². The van der Waals surface area contributed by atoms with Crippen LogP contribution in [0.3, 0.4) is 0 Å². The molecule has 54 heavy (non-hydrogen) atoms. The maximum atomic E-state index is 13.1. The van der Waals surface area contributed by atoms with E-state index in [-0.39, 0.29) is 29.7 Å². The van der Waals surface area contributed by atoms with Crippen molar-refractivity contribution in [1.29, 1.82) is 0 Å². The number of hydrogen-bond donors (Lipinski definition) is 0. The zero-order chi connectivity index (χ0) is 39.3. The summed E-state index contributed by atoms with van der Waals surface area (Å²) in [6.45, 7) is 15.0. The van der Waals surface area contributed by atoms with Gasteiger partial charge in [-0.3, -0.25) is 14.4 Å². The Kier molecular flexibility index (Phi) is 33.1. The van der Waals surface area contributed by atoms with Crippen molar-refractivity contribution in [2.24, 2.45) is 17.8 Å². The molecule has 0 spiro atoms. The van der Waals surface area contributed by atoms with Gasteiger partial charge in [0.05, 0.1) is 32.2 Å². The molecule has 0 N–H and O–H groups in total. The number of unbranched alkanes of at least 4 members (excludes halogenated alkanes) is 14. The van der Waals surface area contributed by atoms with E-state index in [2.05, 4.69) is 49.4 Å². The Hall–Kier alpha value is -2.55. The van der Waals surface area contributed by atoms with E-state index in [9.17, 15) is 14.4 Å². The predicted octanol–water partition coefficient (Wildman–Crippen LogP) is 12.0. The number of likely N-dealkylation sites (tertiary alicyclic amines) is 1. The normalized spacial score (nSPS) is 14.4. The molecule has 1 aliphatic heterocycles. The van der Waals surface area contributed by atoms with E-state index in [0.717, 1.165) is 135 Å². The molecule has 1 fully saturated rings. The van der Waals surface area contributed by atoms with Crippen molar-refractivity contribution in [1.82, 2.24) is 4.90 Å². The third kappa shape index (κ3) is 29.8. The number of allylic oxidation sites excluding steroid dienone is 1. The Morgan fingerprint density at radius 3 is 1.70 bits per heavy atom. The largest absolute Gasteiger partial charge is 0.466 e. The van der Waals surface area contributed by atoms with Gasteiger partial charge in [0.1, 0.15) is 0 Å². The van der Waals surface area contributed by atoms with Crippen LogP contribution in [0.1, 0.15) is 194 Å². The average Bonchev–Trinajstić information content (AvgIpc) is 3.68. The highest BCUT2D eigenvalue weighted by molar-refractivity contribution is 5.72. The van der Waals surface area contributed by atoms with Crippen LogP contribution in [-0.4, -0.2) is 62.3 Å². The number of ether oxygens (including phenoxy) is 3. The summed E-state index contributed by atoms with van der Waals surface area (Å²) in [6, 6.07) is 0. The van der Waals surface area contributed by atoms with E-state index in [4.69, 9.17) is 14.2 Å². The summed E-state index contributed by atoms with van der Waals surface area (Å²) in [5.74, 6) is 0.329. The molecule has 7 nitrogen and oxygen atoms in total. The highest BCUT2D eigenvalue weighted by Gasteiger charge is 2.20. The summed E-state index contributed by atoms with van der Waals surface area (Å²) in [7, 11) is 0. The maximum Gasteiger partial charge on any atom is 0.308 e. The SMILES string of the molecule is C=C=C=C=CC(CCCCC)CC(=O)OCCCCCCCCC(CCCCCCCCOC(=O)CC(C)CCCCC)C(=O)OCCCN1CCCC1. The van der Waals surface area contributed by atoms with Gasteiger partial charge in [-0.1, -0.05) is 141 Å². The first-order valence-corrected chi connectivity index (χ1v) is 22.5. The molecule has 3 atom stereocenters. The molecule has 310 valence electrons. The zero-order valence-electron chi connectivity index (χ0n) is 35.2. The van der Waals surface area contributed by atoms with Crippen molar-refractivity contribution in [3.8, 4) is 0 Å². The summed E-state index contributed by atoms with van der Waals surface area (Å²) >= 11 is 0. The smallest absolute Gasteiger partial charge is 0.308 e. The van der Waals surface area contributed by atoms with Crippen molar-refractivity contribution in [2.45, 2.75) is 194 Å². The number of carbonyl (C=O) groups is 3. The molecule has 0 bridgehead atoms. The predicted molar refractivity (Wildman–Crippen MR) is 222 cm³/mol. The third-order valence-corrected chi connectivity index (χ3v) is 10.7. The highest BCUT2D eigenvalue weighted by Crippen LogP contribution is 2.22. The summed E-state index contributed by atoms with van der Waals surface area (Å²) in [5.41, 5.74) is 8.25. The van der Waals surface area contributed by atoms with Crippen molar-refractivity contribution in [2.75, 3.05) is 39.5 Å². The van der Waals surface area contributed by atoms with E-state index in [1.54, 1.807) is 0 Å². The molecule has 0 aromatic heterocycles. The van der Waals surface area contributed by atoms with Crippen molar-refractivity contribution >= 4 is 17.9 Å². The number of hydrogen-bond acceptors (Lipinski definition) is 7. The van der Waals surface area contributed by atoms with Gasteiger partial charge in [-0.25, -0.2) is 0 Å². The lowest BCUT2D eigenvalue weighted by molar-refractivity contribution is -0.149. The third-order valence-electron chi connectivity index (χ3n) is 10.7. The lowest BCUT2D eigenvalue weighted by Crippen LogP contribution is -2.23. The minimum absolute atomic E-state index is 0.00368. The van der Waals surface area contributed by atoms with Gasteiger partial charge < -0.3 is 19.1 Å². The van der Waals surface area contributed by atoms with Crippen LogP contribution in [0, 0.1) is 17.8 Å². The molecule has 0 radical (unpaired) electrons. The van der Waals surface area contributed by atoms with E-state index in [1.165, 1.54) is 45.2 Å².